The molecule has 3 heterocycles. The van der Waals surface area contributed by atoms with E-state index in [4.69, 9.17) is 0 Å². The van der Waals surface area contributed by atoms with E-state index in [1.54, 1.807) is 0 Å². The zero-order chi connectivity index (χ0) is 16.3. The third kappa shape index (κ3) is 1.01. The summed E-state index contributed by atoms with van der Waals surface area (Å²) >= 11 is 0. The van der Waals surface area contributed by atoms with Crippen molar-refractivity contribution in [3.05, 3.63) is 42.0 Å². The molecule has 1 aromatic carbocycles. The van der Waals surface area contributed by atoms with Gasteiger partial charge in [0.25, 0.3) is 0 Å². The second-order valence-corrected chi connectivity index (χ2v) is 8.30. The van der Waals surface area contributed by atoms with Crippen molar-refractivity contribution in [3.63, 3.8) is 0 Å². The summed E-state index contributed by atoms with van der Waals surface area (Å²) in [5.74, 6) is 0.0301. The van der Waals surface area contributed by atoms with Crippen molar-refractivity contribution in [2.24, 2.45) is 16.7 Å². The van der Waals surface area contributed by atoms with Gasteiger partial charge in [0.2, 0.25) is 5.91 Å². The van der Waals surface area contributed by atoms with Crippen LogP contribution >= 0.6 is 0 Å². The van der Waals surface area contributed by atoms with Gasteiger partial charge in [0.15, 0.2) is 5.78 Å². The van der Waals surface area contributed by atoms with Crippen LogP contribution in [0.25, 0.3) is 0 Å². The fraction of sp³-hybridized carbons (Fsp3) is 0.500. The molecule has 5 atom stereocenters. The Morgan fingerprint density at radius 2 is 2.08 bits per heavy atom. The summed E-state index contributed by atoms with van der Waals surface area (Å²) in [5.41, 5.74) is 0.692. The van der Waals surface area contributed by atoms with Crippen LogP contribution < -0.4 is 5.32 Å². The minimum atomic E-state index is -0.880. The molecule has 1 saturated heterocycles. The summed E-state index contributed by atoms with van der Waals surface area (Å²) in [7, 11) is 0. The fourth-order valence-corrected chi connectivity index (χ4v) is 7.18. The van der Waals surface area contributed by atoms with Crippen LogP contribution in [0.2, 0.25) is 0 Å². The third-order valence-corrected chi connectivity index (χ3v) is 7.90. The van der Waals surface area contributed by atoms with E-state index in [9.17, 15) is 9.59 Å². The molecule has 4 nitrogen and oxygen atoms in total. The van der Waals surface area contributed by atoms with Gasteiger partial charge >= 0.3 is 0 Å². The Labute approximate surface area is 140 Å². The molecule has 122 valence electrons. The van der Waals surface area contributed by atoms with Crippen molar-refractivity contribution in [1.29, 1.82) is 0 Å². The first kappa shape index (κ1) is 13.4. The van der Waals surface area contributed by atoms with E-state index in [-0.39, 0.29) is 34.5 Å². The lowest BCUT2D eigenvalue weighted by Gasteiger charge is -2.54. The normalized spacial score (nSPS) is 47.4. The maximum atomic E-state index is 13.5. The maximum Gasteiger partial charge on any atom is 0.239 e. The molecule has 0 radical (unpaired) electrons. The molecular weight excluding hydrogens is 300 g/mol. The molecule has 0 aromatic heterocycles. The van der Waals surface area contributed by atoms with Gasteiger partial charge in [-0.2, -0.15) is 0 Å². The van der Waals surface area contributed by atoms with Gasteiger partial charge in [-0.1, -0.05) is 37.3 Å². The van der Waals surface area contributed by atoms with Crippen LogP contribution in [0.4, 0.5) is 5.69 Å². The first-order valence-corrected chi connectivity index (χ1v) is 8.95. The SMILES string of the molecule is CC1C(=O)C23CC14C=CCN1CCC2(c2ccccc2NC3=O)C14. The highest BCUT2D eigenvalue weighted by Crippen LogP contribution is 2.77. The minimum absolute atomic E-state index is 0.0559. The third-order valence-electron chi connectivity index (χ3n) is 7.90. The van der Waals surface area contributed by atoms with Gasteiger partial charge in [-0.05, 0) is 31.0 Å². The van der Waals surface area contributed by atoms with E-state index < -0.39 is 5.41 Å². The van der Waals surface area contributed by atoms with E-state index in [2.05, 4.69) is 28.4 Å². The first-order valence-electron chi connectivity index (χ1n) is 8.95. The molecule has 5 aliphatic rings. The number of benzene rings is 1. The largest absolute Gasteiger partial charge is 0.325 e. The van der Waals surface area contributed by atoms with Crippen molar-refractivity contribution < 1.29 is 9.59 Å². The van der Waals surface area contributed by atoms with Gasteiger partial charge in [0.05, 0.1) is 0 Å². The molecule has 3 fully saturated rings. The lowest BCUT2D eigenvalue weighted by Crippen LogP contribution is -2.65. The van der Waals surface area contributed by atoms with Gasteiger partial charge in [0.1, 0.15) is 5.41 Å². The quantitative estimate of drug-likeness (QED) is 0.588. The summed E-state index contributed by atoms with van der Waals surface area (Å²) in [6.07, 6.45) is 6.09. The van der Waals surface area contributed by atoms with Gasteiger partial charge in [-0.15, -0.1) is 0 Å². The average Bonchev–Trinajstić information content (AvgIpc) is 3.18. The van der Waals surface area contributed by atoms with E-state index in [1.807, 2.05) is 25.1 Å². The molecule has 2 saturated carbocycles. The highest BCUT2D eigenvalue weighted by Gasteiger charge is 2.85. The van der Waals surface area contributed by atoms with Crippen LogP contribution in [0.1, 0.15) is 25.3 Å². The zero-order valence-corrected chi connectivity index (χ0v) is 13.7. The Morgan fingerprint density at radius 3 is 2.96 bits per heavy atom. The lowest BCUT2D eigenvalue weighted by molar-refractivity contribution is -0.146. The number of carbonyl (C=O) groups excluding carboxylic acids is 2. The molecule has 3 aliphatic heterocycles. The molecule has 4 heteroatoms. The number of nitrogens with one attached hydrogen (secondary N) is 1. The van der Waals surface area contributed by atoms with E-state index in [1.165, 1.54) is 5.56 Å². The first-order chi connectivity index (χ1) is 11.6. The summed E-state index contributed by atoms with van der Waals surface area (Å²) in [6, 6.07) is 8.42. The van der Waals surface area contributed by atoms with Crippen LogP contribution in [0.5, 0.6) is 0 Å². The Bertz CT molecular complexity index is 861. The zero-order valence-electron chi connectivity index (χ0n) is 13.7. The van der Waals surface area contributed by atoms with Crippen LogP contribution in [-0.4, -0.2) is 35.7 Å². The number of fused-ring (bicyclic) bond motifs is 1. The molecule has 24 heavy (non-hydrogen) atoms. The monoisotopic (exact) mass is 320 g/mol. The topological polar surface area (TPSA) is 49.4 Å². The molecule has 3 spiro atoms. The van der Waals surface area contributed by atoms with Crippen LogP contribution in [-0.2, 0) is 15.0 Å². The number of rotatable bonds is 0. The molecule has 2 aliphatic carbocycles. The number of hydrogen-bond acceptors (Lipinski definition) is 3. The summed E-state index contributed by atoms with van der Waals surface area (Å²) < 4.78 is 0. The number of nitrogens with zero attached hydrogens (tertiary/aromatic N) is 1. The number of Topliss-reactive ketones (excluding diaryl/α,β-unsaturated/α-hetero) is 1. The summed E-state index contributed by atoms with van der Waals surface area (Å²) in [5, 5.41) is 3.08. The van der Waals surface area contributed by atoms with Gasteiger partial charge < -0.3 is 5.32 Å². The number of ketones is 1. The second-order valence-electron chi connectivity index (χ2n) is 8.30. The maximum absolute atomic E-state index is 13.5. The second kappa shape index (κ2) is 3.67. The highest BCUT2D eigenvalue weighted by atomic mass is 16.2. The summed E-state index contributed by atoms with van der Waals surface area (Å²) in [4.78, 5) is 29.3. The average molecular weight is 320 g/mol. The Kier molecular flexibility index (Phi) is 2.04. The van der Waals surface area contributed by atoms with Crippen LogP contribution in [0.15, 0.2) is 36.4 Å². The van der Waals surface area contributed by atoms with E-state index in [0.717, 1.165) is 25.2 Å². The Morgan fingerprint density at radius 1 is 1.25 bits per heavy atom. The van der Waals surface area contributed by atoms with Crippen molar-refractivity contribution in [1.82, 2.24) is 4.90 Å². The Hall–Kier alpha value is -1.94. The summed E-state index contributed by atoms with van der Waals surface area (Å²) in [6.45, 7) is 3.95. The van der Waals surface area contributed by atoms with Gasteiger partial charge in [0, 0.05) is 35.0 Å². The van der Waals surface area contributed by atoms with Crippen molar-refractivity contribution in [2.45, 2.75) is 31.2 Å². The smallest absolute Gasteiger partial charge is 0.239 e. The molecule has 1 amide bonds. The predicted molar refractivity (Wildman–Crippen MR) is 89.5 cm³/mol. The number of amides is 1. The van der Waals surface area contributed by atoms with E-state index >= 15 is 0 Å². The number of anilines is 1. The van der Waals surface area contributed by atoms with Gasteiger partial charge in [-0.25, -0.2) is 0 Å². The van der Waals surface area contributed by atoms with Gasteiger partial charge in [-0.3, -0.25) is 14.5 Å². The lowest BCUT2D eigenvalue weighted by atomic mass is 9.51. The van der Waals surface area contributed by atoms with E-state index in [0.29, 0.717) is 6.42 Å². The van der Waals surface area contributed by atoms with Crippen molar-refractivity contribution >= 4 is 17.4 Å². The highest BCUT2D eigenvalue weighted by molar-refractivity contribution is 6.18. The molecule has 5 unspecified atom stereocenters. The number of hydrogen-bond donors (Lipinski definition) is 1. The molecule has 2 bridgehead atoms. The van der Waals surface area contributed by atoms with Crippen molar-refractivity contribution in [2.75, 3.05) is 18.4 Å². The van der Waals surface area contributed by atoms with Crippen LogP contribution in [0, 0.1) is 16.7 Å². The fourth-order valence-electron chi connectivity index (χ4n) is 7.18. The molecular formula is C20H20N2O2. The number of carbonyl (C=O) groups is 2. The van der Waals surface area contributed by atoms with Crippen molar-refractivity contribution in [3.8, 4) is 0 Å². The predicted octanol–water partition coefficient (Wildman–Crippen LogP) is 2.12. The Balaban J connectivity index is 1.76. The molecule has 6 rings (SSSR count). The molecule has 1 aromatic rings. The molecule has 1 N–H and O–H groups in total. The van der Waals surface area contributed by atoms with Crippen LogP contribution in [0.3, 0.4) is 0 Å². The number of para-hydroxylation sites is 1. The standard InChI is InChI=1S/C20H20N2O2/c1-12-15(23)20-11-18(12)7-4-9-22-10-8-19(20,16(18)22)13-5-2-3-6-14(13)21-17(20)24/h2-7,12,16H,8-11H2,1H3,(H,21,24). The minimum Gasteiger partial charge on any atom is -0.325 e.